The number of hydrogen-bond acceptors (Lipinski definition) is 5. The molecule has 1 amide bonds. The van der Waals surface area contributed by atoms with Crippen LogP contribution in [0.4, 0.5) is 11.4 Å². The number of carbonyl (C=O) groups excluding carboxylic acids is 2. The number of rotatable bonds is 6. The van der Waals surface area contributed by atoms with E-state index in [0.717, 1.165) is 40.4 Å². The number of nitrogens with zero attached hydrogens (tertiary/aromatic N) is 1. The molecule has 0 saturated carbocycles. The van der Waals surface area contributed by atoms with Crippen LogP contribution in [0, 0.1) is 5.41 Å². The molecule has 1 unspecified atom stereocenters. The van der Waals surface area contributed by atoms with Crippen molar-refractivity contribution in [2.45, 2.75) is 39.3 Å². The number of para-hydroxylation sites is 3. The minimum atomic E-state index is -0.445. The fourth-order valence-electron chi connectivity index (χ4n) is 5.47. The van der Waals surface area contributed by atoms with Gasteiger partial charge in [0.1, 0.15) is 5.75 Å². The van der Waals surface area contributed by atoms with Crippen molar-refractivity contribution in [2.75, 3.05) is 23.9 Å². The van der Waals surface area contributed by atoms with Crippen LogP contribution in [0.3, 0.4) is 0 Å². The highest BCUT2D eigenvalue weighted by Gasteiger charge is 2.41. The summed E-state index contributed by atoms with van der Waals surface area (Å²) >= 11 is 6.23. The molecule has 7 heteroatoms. The quantitative estimate of drug-likeness (QED) is 0.393. The van der Waals surface area contributed by atoms with E-state index in [9.17, 15) is 9.59 Å². The zero-order chi connectivity index (χ0) is 26.9. The van der Waals surface area contributed by atoms with Gasteiger partial charge in [0.15, 0.2) is 5.78 Å². The second kappa shape index (κ2) is 10.5. The minimum absolute atomic E-state index is 0.0641. The number of amides is 1. The fraction of sp³-hybridized carbons (Fsp3) is 0.290. The maximum atomic E-state index is 13.7. The Bertz CT molecular complexity index is 1400. The predicted octanol–water partition coefficient (Wildman–Crippen LogP) is 6.28. The molecule has 38 heavy (non-hydrogen) atoms. The lowest BCUT2D eigenvalue weighted by Gasteiger charge is -2.37. The van der Waals surface area contributed by atoms with Crippen LogP contribution in [-0.2, 0) is 16.1 Å². The second-order valence-corrected chi connectivity index (χ2v) is 11.1. The van der Waals surface area contributed by atoms with Crippen LogP contribution >= 0.6 is 11.6 Å². The highest BCUT2D eigenvalue weighted by molar-refractivity contribution is 6.30. The number of anilines is 2. The molecule has 1 heterocycles. The summed E-state index contributed by atoms with van der Waals surface area (Å²) in [6, 6.07) is 22.6. The zero-order valence-corrected chi connectivity index (χ0v) is 22.6. The molecule has 0 radical (unpaired) electrons. The van der Waals surface area contributed by atoms with Crippen LogP contribution < -0.4 is 20.3 Å². The lowest BCUT2D eigenvalue weighted by atomic mass is 9.73. The Morgan fingerprint density at radius 2 is 1.76 bits per heavy atom. The number of benzene rings is 3. The molecule has 0 aromatic heterocycles. The largest absolute Gasteiger partial charge is 0.496 e. The van der Waals surface area contributed by atoms with Crippen molar-refractivity contribution in [3.05, 3.63) is 100 Å². The van der Waals surface area contributed by atoms with Crippen LogP contribution in [0.5, 0.6) is 5.75 Å². The molecule has 1 atom stereocenters. The van der Waals surface area contributed by atoms with Gasteiger partial charge in [-0.1, -0.05) is 67.9 Å². The Balaban J connectivity index is 1.56. The fourth-order valence-corrected chi connectivity index (χ4v) is 5.60. The average molecular weight is 530 g/mol. The Labute approximate surface area is 228 Å². The summed E-state index contributed by atoms with van der Waals surface area (Å²) in [7, 11) is 1.62. The Morgan fingerprint density at radius 1 is 1.05 bits per heavy atom. The van der Waals surface area contributed by atoms with Crippen molar-refractivity contribution >= 4 is 34.7 Å². The monoisotopic (exact) mass is 529 g/mol. The Kier molecular flexibility index (Phi) is 7.17. The molecule has 1 aliphatic carbocycles. The second-order valence-electron chi connectivity index (χ2n) is 10.6. The van der Waals surface area contributed by atoms with E-state index < -0.39 is 6.04 Å². The van der Waals surface area contributed by atoms with Gasteiger partial charge in [-0.3, -0.25) is 9.59 Å². The van der Waals surface area contributed by atoms with Gasteiger partial charge in [0.25, 0.3) is 0 Å². The Hall–Kier alpha value is -3.77. The standard InChI is InChI=1S/C31H32ClN3O3/c1-31(2)16-24-29(26(36)17-31)30(20-12-14-22(32)15-13-20)35(25-10-6-5-9-23(25)34-24)19-28(37)33-18-21-8-4-7-11-27(21)38-3/h4-15,30,34H,16-19H2,1-3H3,(H,33,37). The van der Waals surface area contributed by atoms with Crippen LogP contribution in [-0.4, -0.2) is 25.3 Å². The van der Waals surface area contributed by atoms with E-state index in [-0.39, 0.29) is 23.7 Å². The number of Topliss-reactive ketones (excluding diaryl/α,β-unsaturated/α-hetero) is 1. The average Bonchev–Trinajstić information content (AvgIpc) is 3.02. The van der Waals surface area contributed by atoms with E-state index in [1.54, 1.807) is 7.11 Å². The van der Waals surface area contributed by atoms with Crippen molar-refractivity contribution in [3.8, 4) is 5.75 Å². The van der Waals surface area contributed by atoms with Gasteiger partial charge in [0.2, 0.25) is 5.91 Å². The lowest BCUT2D eigenvalue weighted by molar-refractivity contribution is -0.120. The van der Waals surface area contributed by atoms with Gasteiger partial charge in [0.05, 0.1) is 31.1 Å². The Morgan fingerprint density at radius 3 is 2.53 bits per heavy atom. The van der Waals surface area contributed by atoms with Gasteiger partial charge < -0.3 is 20.3 Å². The molecule has 2 N–H and O–H groups in total. The number of ether oxygens (including phenoxy) is 1. The first-order valence-corrected chi connectivity index (χ1v) is 13.2. The summed E-state index contributed by atoms with van der Waals surface area (Å²) in [4.78, 5) is 29.2. The number of hydrogen-bond donors (Lipinski definition) is 2. The van der Waals surface area contributed by atoms with Crippen molar-refractivity contribution in [1.29, 1.82) is 0 Å². The van der Waals surface area contributed by atoms with Gasteiger partial charge in [-0.15, -0.1) is 0 Å². The number of allylic oxidation sites excluding steroid dienone is 1. The third-order valence-corrected chi connectivity index (χ3v) is 7.42. The van der Waals surface area contributed by atoms with Crippen LogP contribution in [0.2, 0.25) is 5.02 Å². The number of nitrogens with one attached hydrogen (secondary N) is 2. The number of halogens is 1. The third-order valence-electron chi connectivity index (χ3n) is 7.17. The maximum absolute atomic E-state index is 13.7. The number of fused-ring (bicyclic) bond motifs is 1. The summed E-state index contributed by atoms with van der Waals surface area (Å²) in [6.45, 7) is 4.64. The number of carbonyl (C=O) groups is 2. The van der Waals surface area contributed by atoms with E-state index >= 15 is 0 Å². The molecule has 0 spiro atoms. The molecule has 3 aromatic rings. The van der Waals surface area contributed by atoms with Crippen LogP contribution in [0.25, 0.3) is 0 Å². The molecule has 0 saturated heterocycles. The van der Waals surface area contributed by atoms with Gasteiger partial charge in [0, 0.05) is 34.8 Å². The minimum Gasteiger partial charge on any atom is -0.496 e. The van der Waals surface area contributed by atoms with Crippen molar-refractivity contribution in [3.63, 3.8) is 0 Å². The van der Waals surface area contributed by atoms with Crippen molar-refractivity contribution < 1.29 is 14.3 Å². The molecule has 5 rings (SSSR count). The molecule has 1 aliphatic heterocycles. The number of ketones is 1. The SMILES string of the molecule is COc1ccccc1CNC(=O)CN1c2ccccc2NC2=C(C(=O)CC(C)(C)C2)C1c1ccc(Cl)cc1. The summed E-state index contributed by atoms with van der Waals surface area (Å²) in [5.41, 5.74) is 5.00. The third kappa shape index (κ3) is 5.27. The molecule has 0 fully saturated rings. The van der Waals surface area contributed by atoms with Crippen molar-refractivity contribution in [1.82, 2.24) is 5.32 Å². The van der Waals surface area contributed by atoms with E-state index in [4.69, 9.17) is 16.3 Å². The van der Waals surface area contributed by atoms with Gasteiger partial charge >= 0.3 is 0 Å². The first kappa shape index (κ1) is 25.9. The maximum Gasteiger partial charge on any atom is 0.239 e. The van der Waals surface area contributed by atoms with E-state index in [1.807, 2.05) is 77.7 Å². The first-order valence-electron chi connectivity index (χ1n) is 12.8. The van der Waals surface area contributed by atoms with Gasteiger partial charge in [-0.05, 0) is 47.7 Å². The van der Waals surface area contributed by atoms with Crippen LogP contribution in [0.1, 0.15) is 43.9 Å². The molecule has 3 aromatic carbocycles. The predicted molar refractivity (Wildman–Crippen MR) is 151 cm³/mol. The molecule has 0 bridgehead atoms. The lowest BCUT2D eigenvalue weighted by Crippen LogP contribution is -2.41. The van der Waals surface area contributed by atoms with E-state index in [0.29, 0.717) is 23.6 Å². The van der Waals surface area contributed by atoms with Crippen LogP contribution in [0.15, 0.2) is 84.1 Å². The summed E-state index contributed by atoms with van der Waals surface area (Å²) in [6.07, 6.45) is 1.18. The molecule has 6 nitrogen and oxygen atoms in total. The van der Waals surface area contributed by atoms with Crippen molar-refractivity contribution in [2.24, 2.45) is 5.41 Å². The summed E-state index contributed by atoms with van der Waals surface area (Å²) in [5.74, 6) is 0.662. The topological polar surface area (TPSA) is 70.7 Å². The van der Waals surface area contributed by atoms with E-state index in [2.05, 4.69) is 24.5 Å². The first-order chi connectivity index (χ1) is 18.3. The summed E-state index contributed by atoms with van der Waals surface area (Å²) in [5, 5.41) is 7.24. The summed E-state index contributed by atoms with van der Waals surface area (Å²) < 4.78 is 5.44. The zero-order valence-electron chi connectivity index (χ0n) is 21.9. The molecule has 2 aliphatic rings. The molecular formula is C31H32ClN3O3. The van der Waals surface area contributed by atoms with E-state index in [1.165, 1.54) is 0 Å². The smallest absolute Gasteiger partial charge is 0.239 e. The normalized spacial score (nSPS) is 18.2. The highest BCUT2D eigenvalue weighted by Crippen LogP contribution is 2.48. The highest BCUT2D eigenvalue weighted by atomic mass is 35.5. The van der Waals surface area contributed by atoms with Gasteiger partial charge in [-0.2, -0.15) is 0 Å². The molecule has 196 valence electrons. The number of methoxy groups -OCH3 is 1. The molecular weight excluding hydrogens is 498 g/mol. The van der Waals surface area contributed by atoms with Gasteiger partial charge in [-0.25, -0.2) is 0 Å².